The number of nitrogens with one attached hydrogen (secondary N) is 3. The lowest BCUT2D eigenvalue weighted by atomic mass is 10.2. The molecule has 0 aliphatic heterocycles. The number of hydrogen-bond donors (Lipinski definition) is 3. The van der Waals surface area contributed by atoms with Gasteiger partial charge in [-0.1, -0.05) is 11.3 Å². The van der Waals surface area contributed by atoms with Gasteiger partial charge < -0.3 is 10.6 Å². The van der Waals surface area contributed by atoms with Gasteiger partial charge in [0.15, 0.2) is 7.91 Å². The van der Waals surface area contributed by atoms with Crippen LogP contribution in [0.3, 0.4) is 0 Å². The molecule has 5 nitrogen and oxygen atoms in total. The Morgan fingerprint density at radius 1 is 1.45 bits per heavy atom. The maximum atomic E-state index is 12.0. The van der Waals surface area contributed by atoms with Crippen LogP contribution in [0.1, 0.15) is 5.56 Å². The van der Waals surface area contributed by atoms with E-state index in [0.717, 1.165) is 16.9 Å². The standard InChI is InChI=1S/C12H14N4OS3/c1-7-5-8(3-4-9(7)13-2)14-10(17)6-16-12(19)20-11(18)15-16/h3-5,13H,6H2,1-2H3,(H,14,17)(H,15,18). The van der Waals surface area contributed by atoms with Gasteiger partial charge in [0.2, 0.25) is 5.91 Å². The summed E-state index contributed by atoms with van der Waals surface area (Å²) in [7, 11) is 1.86. The van der Waals surface area contributed by atoms with Crippen LogP contribution in [0.5, 0.6) is 0 Å². The van der Waals surface area contributed by atoms with Crippen LogP contribution >= 0.6 is 35.8 Å². The molecule has 1 aromatic heterocycles. The Bertz CT molecular complexity index is 744. The zero-order chi connectivity index (χ0) is 14.7. The monoisotopic (exact) mass is 326 g/mol. The number of rotatable bonds is 4. The van der Waals surface area contributed by atoms with Gasteiger partial charge in [-0.05, 0) is 55.1 Å². The minimum Gasteiger partial charge on any atom is -0.388 e. The molecule has 0 radical (unpaired) electrons. The molecule has 20 heavy (non-hydrogen) atoms. The number of aryl methyl sites for hydroxylation is 1. The maximum absolute atomic E-state index is 12.0. The van der Waals surface area contributed by atoms with Crippen LogP contribution in [-0.4, -0.2) is 22.7 Å². The molecular weight excluding hydrogens is 312 g/mol. The topological polar surface area (TPSA) is 61.8 Å². The predicted octanol–water partition coefficient (Wildman–Crippen LogP) is 3.33. The molecule has 0 atom stereocenters. The van der Waals surface area contributed by atoms with Crippen molar-refractivity contribution in [2.24, 2.45) is 0 Å². The SMILES string of the molecule is CNc1ccc(NC(=O)Cn2[nH]c(=S)sc2=S)cc1C. The third-order valence-corrected chi connectivity index (χ3v) is 4.19. The molecule has 3 N–H and O–H groups in total. The number of anilines is 2. The lowest BCUT2D eigenvalue weighted by Crippen LogP contribution is -2.19. The number of hydrogen-bond acceptors (Lipinski definition) is 5. The van der Waals surface area contributed by atoms with E-state index in [0.29, 0.717) is 7.91 Å². The fourth-order valence-corrected chi connectivity index (χ4v) is 3.18. The van der Waals surface area contributed by atoms with E-state index < -0.39 is 0 Å². The van der Waals surface area contributed by atoms with Crippen LogP contribution in [0.4, 0.5) is 11.4 Å². The summed E-state index contributed by atoms with van der Waals surface area (Å²) in [5.41, 5.74) is 2.86. The summed E-state index contributed by atoms with van der Waals surface area (Å²) in [6, 6.07) is 5.69. The summed E-state index contributed by atoms with van der Waals surface area (Å²) in [6.45, 7) is 2.10. The van der Waals surface area contributed by atoms with E-state index in [2.05, 4.69) is 15.7 Å². The molecule has 0 aliphatic rings. The van der Waals surface area contributed by atoms with Crippen molar-refractivity contribution in [1.29, 1.82) is 0 Å². The summed E-state index contributed by atoms with van der Waals surface area (Å²) >= 11 is 11.4. The van der Waals surface area contributed by atoms with Crippen molar-refractivity contribution < 1.29 is 4.79 Å². The summed E-state index contributed by atoms with van der Waals surface area (Å²) in [6.07, 6.45) is 0. The molecule has 0 unspecified atom stereocenters. The second-order valence-electron chi connectivity index (χ2n) is 4.18. The summed E-state index contributed by atoms with van der Waals surface area (Å²) < 4.78 is 2.69. The number of amides is 1. The smallest absolute Gasteiger partial charge is 0.246 e. The van der Waals surface area contributed by atoms with Crippen molar-refractivity contribution in [2.75, 3.05) is 17.7 Å². The molecule has 1 heterocycles. The van der Waals surface area contributed by atoms with Crippen molar-refractivity contribution in [3.05, 3.63) is 31.7 Å². The number of aromatic amines is 1. The van der Waals surface area contributed by atoms with Crippen molar-refractivity contribution in [1.82, 2.24) is 9.78 Å². The van der Waals surface area contributed by atoms with E-state index in [4.69, 9.17) is 24.4 Å². The number of H-pyrrole nitrogens is 1. The highest BCUT2D eigenvalue weighted by atomic mass is 32.2. The molecule has 0 bridgehead atoms. The third-order valence-electron chi connectivity index (χ3n) is 2.71. The zero-order valence-electron chi connectivity index (χ0n) is 11.0. The van der Waals surface area contributed by atoms with Crippen LogP contribution in [0, 0.1) is 14.8 Å². The predicted molar refractivity (Wildman–Crippen MR) is 87.7 cm³/mol. The fourth-order valence-electron chi connectivity index (χ4n) is 1.78. The van der Waals surface area contributed by atoms with Gasteiger partial charge >= 0.3 is 0 Å². The molecule has 1 amide bonds. The molecule has 1 aromatic carbocycles. The Morgan fingerprint density at radius 3 is 2.75 bits per heavy atom. The van der Waals surface area contributed by atoms with Gasteiger partial charge in [-0.25, -0.2) is 0 Å². The summed E-state index contributed by atoms with van der Waals surface area (Å²) in [4.78, 5) is 12.0. The third kappa shape index (κ3) is 3.53. The minimum atomic E-state index is -0.151. The van der Waals surface area contributed by atoms with Gasteiger partial charge in [0.05, 0.1) is 0 Å². The van der Waals surface area contributed by atoms with Crippen LogP contribution < -0.4 is 10.6 Å². The van der Waals surface area contributed by atoms with Crippen molar-refractivity contribution >= 4 is 53.1 Å². The molecule has 2 rings (SSSR count). The van der Waals surface area contributed by atoms with Gasteiger partial charge in [0, 0.05) is 18.4 Å². The molecule has 0 spiro atoms. The fraction of sp³-hybridized carbons (Fsp3) is 0.250. The van der Waals surface area contributed by atoms with E-state index in [1.165, 1.54) is 11.3 Å². The van der Waals surface area contributed by atoms with E-state index >= 15 is 0 Å². The van der Waals surface area contributed by atoms with Crippen LogP contribution in [0.2, 0.25) is 0 Å². The lowest BCUT2D eigenvalue weighted by molar-refractivity contribution is -0.116. The highest BCUT2D eigenvalue weighted by Gasteiger charge is 2.06. The highest BCUT2D eigenvalue weighted by molar-refractivity contribution is 7.75. The molecular formula is C12H14N4OS3. The minimum absolute atomic E-state index is 0.124. The number of carbonyl (C=O) groups excluding carboxylic acids is 1. The molecule has 8 heteroatoms. The first-order chi connectivity index (χ1) is 9.49. The summed E-state index contributed by atoms with van der Waals surface area (Å²) in [5.74, 6) is -0.151. The Balaban J connectivity index is 2.08. The molecule has 0 saturated carbocycles. The van der Waals surface area contributed by atoms with E-state index in [-0.39, 0.29) is 12.5 Å². The van der Waals surface area contributed by atoms with E-state index in [1.54, 1.807) is 4.68 Å². The van der Waals surface area contributed by atoms with E-state index in [1.807, 2.05) is 32.2 Å². The average Bonchev–Trinajstić information content (AvgIpc) is 2.68. The first-order valence-corrected chi connectivity index (χ1v) is 7.51. The normalized spacial score (nSPS) is 10.3. The highest BCUT2D eigenvalue weighted by Crippen LogP contribution is 2.19. The lowest BCUT2D eigenvalue weighted by Gasteiger charge is -2.09. The second kappa shape index (κ2) is 6.29. The average molecular weight is 326 g/mol. The van der Waals surface area contributed by atoms with E-state index in [9.17, 15) is 4.79 Å². The molecule has 0 saturated heterocycles. The van der Waals surface area contributed by atoms with Gasteiger partial charge in [-0.2, -0.15) is 0 Å². The van der Waals surface area contributed by atoms with Crippen LogP contribution in [-0.2, 0) is 11.3 Å². The maximum Gasteiger partial charge on any atom is 0.246 e. The molecule has 0 aliphatic carbocycles. The second-order valence-corrected chi connectivity index (χ2v) is 6.49. The van der Waals surface area contributed by atoms with Crippen LogP contribution in [0.25, 0.3) is 0 Å². The largest absolute Gasteiger partial charge is 0.388 e. The van der Waals surface area contributed by atoms with Gasteiger partial charge in [-0.15, -0.1) is 0 Å². The van der Waals surface area contributed by atoms with Gasteiger partial charge in [0.25, 0.3) is 0 Å². The molecule has 0 fully saturated rings. The Morgan fingerprint density at radius 2 is 2.20 bits per heavy atom. The van der Waals surface area contributed by atoms with Gasteiger partial charge in [-0.3, -0.25) is 14.6 Å². The quantitative estimate of drug-likeness (QED) is 0.754. The van der Waals surface area contributed by atoms with Crippen LogP contribution in [0.15, 0.2) is 18.2 Å². The molecule has 2 aromatic rings. The number of aromatic nitrogens is 2. The Labute approximate surface area is 130 Å². The number of benzene rings is 1. The van der Waals surface area contributed by atoms with Gasteiger partial charge in [0.1, 0.15) is 6.54 Å². The number of nitrogens with zero attached hydrogens (tertiary/aromatic N) is 1. The first-order valence-electron chi connectivity index (χ1n) is 5.88. The summed E-state index contributed by atoms with van der Waals surface area (Å²) in [5, 5.41) is 8.78. The van der Waals surface area contributed by atoms with Crippen molar-refractivity contribution in [2.45, 2.75) is 13.5 Å². The number of carbonyl (C=O) groups is 1. The first kappa shape index (κ1) is 14.9. The zero-order valence-corrected chi connectivity index (χ0v) is 13.5. The van der Waals surface area contributed by atoms with Crippen molar-refractivity contribution in [3.63, 3.8) is 0 Å². The molecule has 106 valence electrons. The Kier molecular flexibility index (Phi) is 4.69. The van der Waals surface area contributed by atoms with Crippen molar-refractivity contribution in [3.8, 4) is 0 Å². The Hall–Kier alpha value is -1.51.